The summed E-state index contributed by atoms with van der Waals surface area (Å²) in [7, 11) is 0. The molecule has 1 saturated carbocycles. The van der Waals surface area contributed by atoms with Crippen molar-refractivity contribution in [2.45, 2.75) is 73.0 Å². The smallest absolute Gasteiger partial charge is 0.355 e. The summed E-state index contributed by atoms with van der Waals surface area (Å²) in [6.45, 7) is 10.6. The summed E-state index contributed by atoms with van der Waals surface area (Å²) in [5, 5.41) is 0. The molecule has 3 atom stereocenters. The average Bonchev–Trinajstić information content (AvgIpc) is 3.01. The fraction of sp³-hybridized carbons (Fsp3) is 0.538. The first-order valence-electron chi connectivity index (χ1n) is 11.3. The Bertz CT molecular complexity index is 900. The molecule has 1 heterocycles. The summed E-state index contributed by atoms with van der Waals surface area (Å²) in [4.78, 5) is 28.5. The van der Waals surface area contributed by atoms with E-state index in [1.54, 1.807) is 0 Å². The molecule has 168 valence electrons. The molecule has 1 aromatic heterocycles. The maximum absolute atomic E-state index is 12.8. The number of ether oxygens (including phenoxy) is 2. The van der Waals surface area contributed by atoms with Crippen LogP contribution in [-0.4, -0.2) is 23.0 Å². The van der Waals surface area contributed by atoms with E-state index in [9.17, 15) is 9.59 Å². The van der Waals surface area contributed by atoms with E-state index < -0.39 is 5.97 Å². The molecule has 0 aliphatic heterocycles. The van der Waals surface area contributed by atoms with Gasteiger partial charge in [-0.25, -0.2) is 4.79 Å². The molecule has 5 heteroatoms. The Hall–Kier alpha value is -2.56. The third-order valence-corrected chi connectivity index (χ3v) is 6.57. The number of nitrogens with one attached hydrogen (secondary N) is 1. The Balaban J connectivity index is 1.64. The number of aromatic amines is 1. The number of esters is 2. The molecule has 1 N–H and O–H groups in total. The zero-order valence-electron chi connectivity index (χ0n) is 19.4. The number of benzene rings is 1. The molecule has 31 heavy (non-hydrogen) atoms. The highest BCUT2D eigenvalue weighted by molar-refractivity contribution is 5.90. The number of H-pyrrole nitrogens is 1. The van der Waals surface area contributed by atoms with Gasteiger partial charge in [0.2, 0.25) is 0 Å². The molecular formula is C26H35NO4. The number of carbonyl (C=O) groups excluding carboxylic acids is 2. The van der Waals surface area contributed by atoms with E-state index in [2.05, 4.69) is 25.8 Å². The Morgan fingerprint density at radius 3 is 2.52 bits per heavy atom. The van der Waals surface area contributed by atoms with Crippen molar-refractivity contribution in [1.29, 1.82) is 0 Å². The van der Waals surface area contributed by atoms with E-state index in [4.69, 9.17) is 9.47 Å². The van der Waals surface area contributed by atoms with E-state index >= 15 is 0 Å². The number of hydrogen-bond acceptors (Lipinski definition) is 4. The second-order valence-electron chi connectivity index (χ2n) is 9.32. The van der Waals surface area contributed by atoms with Gasteiger partial charge in [0.05, 0.1) is 6.42 Å². The SMILES string of the molecule is Cc1[nH]c(C(=O)OCc2ccccc2)c(C)c1CC(=O)O[C@@H]1C[C@H](C)CC[C@H]1C(C)C. The average molecular weight is 426 g/mol. The number of rotatable bonds is 7. The molecule has 1 aliphatic carbocycles. The van der Waals surface area contributed by atoms with Crippen LogP contribution in [0.25, 0.3) is 0 Å². The van der Waals surface area contributed by atoms with Crippen molar-refractivity contribution < 1.29 is 19.1 Å². The summed E-state index contributed by atoms with van der Waals surface area (Å²) in [6.07, 6.45) is 3.37. The van der Waals surface area contributed by atoms with Crippen molar-refractivity contribution >= 4 is 11.9 Å². The molecule has 0 amide bonds. The minimum absolute atomic E-state index is 0.0221. The van der Waals surface area contributed by atoms with Gasteiger partial charge in [-0.2, -0.15) is 0 Å². The minimum atomic E-state index is -0.412. The number of hydrogen-bond donors (Lipinski definition) is 1. The van der Waals surface area contributed by atoms with Gasteiger partial charge in [-0.1, -0.05) is 57.5 Å². The Labute approximate surface area is 185 Å². The normalized spacial score (nSPS) is 21.2. The molecule has 1 aromatic carbocycles. The zero-order chi connectivity index (χ0) is 22.5. The van der Waals surface area contributed by atoms with Crippen molar-refractivity contribution in [2.75, 3.05) is 0 Å². The molecule has 0 spiro atoms. The standard InChI is InChI=1S/C26H35NO4/c1-16(2)21-12-11-17(3)13-23(21)31-24(28)14-22-18(4)25(27-19(22)5)26(29)30-15-20-9-7-6-8-10-20/h6-10,16-17,21,23,27H,11-15H2,1-5H3/t17-,21+,23-/m1/s1. The molecule has 0 bridgehead atoms. The number of aromatic nitrogens is 1. The first-order valence-corrected chi connectivity index (χ1v) is 11.3. The molecule has 0 saturated heterocycles. The van der Waals surface area contributed by atoms with Crippen LogP contribution in [0.3, 0.4) is 0 Å². The largest absolute Gasteiger partial charge is 0.462 e. The quantitative estimate of drug-likeness (QED) is 0.592. The molecule has 1 aliphatic rings. The molecule has 0 radical (unpaired) electrons. The molecular weight excluding hydrogens is 390 g/mol. The first kappa shape index (κ1) is 23.1. The monoisotopic (exact) mass is 425 g/mol. The van der Waals surface area contributed by atoms with Gasteiger partial charge in [-0.3, -0.25) is 4.79 Å². The van der Waals surface area contributed by atoms with Crippen LogP contribution in [0.5, 0.6) is 0 Å². The van der Waals surface area contributed by atoms with Gasteiger partial charge < -0.3 is 14.5 Å². The lowest BCUT2D eigenvalue weighted by atomic mass is 9.75. The Kier molecular flexibility index (Phi) is 7.58. The van der Waals surface area contributed by atoms with Gasteiger partial charge in [0.15, 0.2) is 0 Å². The van der Waals surface area contributed by atoms with Crippen LogP contribution in [0.1, 0.15) is 72.9 Å². The predicted octanol–water partition coefficient (Wildman–Crippen LogP) is 5.54. The summed E-state index contributed by atoms with van der Waals surface area (Å²) in [5.41, 5.74) is 3.72. The molecule has 1 fully saturated rings. The fourth-order valence-electron chi connectivity index (χ4n) is 4.66. The molecule has 2 aromatic rings. The van der Waals surface area contributed by atoms with Gasteiger partial charge in [0.25, 0.3) is 0 Å². The third kappa shape index (κ3) is 5.78. The maximum atomic E-state index is 12.8. The highest BCUT2D eigenvalue weighted by Crippen LogP contribution is 2.35. The lowest BCUT2D eigenvalue weighted by molar-refractivity contribution is -0.155. The van der Waals surface area contributed by atoms with Gasteiger partial charge in [-0.15, -0.1) is 0 Å². The Morgan fingerprint density at radius 2 is 1.84 bits per heavy atom. The first-order chi connectivity index (χ1) is 14.8. The van der Waals surface area contributed by atoms with Crippen molar-refractivity contribution in [1.82, 2.24) is 4.98 Å². The second kappa shape index (κ2) is 10.2. The van der Waals surface area contributed by atoms with Crippen molar-refractivity contribution in [2.24, 2.45) is 17.8 Å². The van der Waals surface area contributed by atoms with E-state index in [0.717, 1.165) is 35.2 Å². The highest BCUT2D eigenvalue weighted by atomic mass is 16.5. The van der Waals surface area contributed by atoms with Crippen LogP contribution in [0.4, 0.5) is 0 Å². The lowest BCUT2D eigenvalue weighted by Gasteiger charge is -2.36. The summed E-state index contributed by atoms with van der Waals surface area (Å²) >= 11 is 0. The zero-order valence-corrected chi connectivity index (χ0v) is 19.4. The second-order valence-corrected chi connectivity index (χ2v) is 9.32. The summed E-state index contributed by atoms with van der Waals surface area (Å²) in [5.74, 6) is 0.850. The minimum Gasteiger partial charge on any atom is -0.462 e. The van der Waals surface area contributed by atoms with Gasteiger partial charge in [0.1, 0.15) is 18.4 Å². The van der Waals surface area contributed by atoms with E-state index in [1.165, 1.54) is 6.42 Å². The number of carbonyl (C=O) groups is 2. The van der Waals surface area contributed by atoms with Crippen LogP contribution in [0.2, 0.25) is 0 Å². The fourth-order valence-corrected chi connectivity index (χ4v) is 4.66. The summed E-state index contributed by atoms with van der Waals surface area (Å²) in [6, 6.07) is 9.57. The van der Waals surface area contributed by atoms with E-state index in [-0.39, 0.29) is 25.1 Å². The van der Waals surface area contributed by atoms with Crippen LogP contribution in [0, 0.1) is 31.6 Å². The number of aryl methyl sites for hydroxylation is 1. The van der Waals surface area contributed by atoms with Gasteiger partial charge >= 0.3 is 11.9 Å². The molecule has 3 rings (SSSR count). The topological polar surface area (TPSA) is 68.4 Å². The highest BCUT2D eigenvalue weighted by Gasteiger charge is 2.33. The van der Waals surface area contributed by atoms with Crippen LogP contribution in [-0.2, 0) is 27.3 Å². The van der Waals surface area contributed by atoms with Crippen LogP contribution < -0.4 is 0 Å². The van der Waals surface area contributed by atoms with Crippen molar-refractivity contribution in [3.05, 3.63) is 58.4 Å². The van der Waals surface area contributed by atoms with Crippen molar-refractivity contribution in [3.63, 3.8) is 0 Å². The van der Waals surface area contributed by atoms with E-state index in [1.807, 2.05) is 44.2 Å². The van der Waals surface area contributed by atoms with Crippen LogP contribution >= 0.6 is 0 Å². The summed E-state index contributed by atoms with van der Waals surface area (Å²) < 4.78 is 11.4. The predicted molar refractivity (Wildman–Crippen MR) is 121 cm³/mol. The third-order valence-electron chi connectivity index (χ3n) is 6.57. The molecule has 0 unspecified atom stereocenters. The van der Waals surface area contributed by atoms with Gasteiger partial charge in [-0.05, 0) is 61.1 Å². The maximum Gasteiger partial charge on any atom is 0.355 e. The van der Waals surface area contributed by atoms with E-state index in [0.29, 0.717) is 23.4 Å². The Morgan fingerprint density at radius 1 is 1.13 bits per heavy atom. The van der Waals surface area contributed by atoms with Crippen molar-refractivity contribution in [3.8, 4) is 0 Å². The van der Waals surface area contributed by atoms with Crippen LogP contribution in [0.15, 0.2) is 30.3 Å². The van der Waals surface area contributed by atoms with Gasteiger partial charge in [0, 0.05) is 5.69 Å². The molecule has 5 nitrogen and oxygen atoms in total. The lowest BCUT2D eigenvalue weighted by Crippen LogP contribution is -2.36.